The van der Waals surface area contributed by atoms with E-state index in [9.17, 15) is 14.4 Å². The van der Waals surface area contributed by atoms with Crippen LogP contribution in [0.5, 0.6) is 5.75 Å². The van der Waals surface area contributed by atoms with E-state index in [1.165, 1.54) is 11.8 Å². The van der Waals surface area contributed by atoms with Crippen molar-refractivity contribution in [3.63, 3.8) is 0 Å². The number of ether oxygens (including phenoxy) is 1. The van der Waals surface area contributed by atoms with Gasteiger partial charge in [0, 0.05) is 38.0 Å². The average Bonchev–Trinajstić information content (AvgIpc) is 2.96. The van der Waals surface area contributed by atoms with Crippen molar-refractivity contribution in [3.8, 4) is 5.75 Å². The zero-order valence-electron chi connectivity index (χ0n) is 15.1. The van der Waals surface area contributed by atoms with Crippen LogP contribution in [-0.4, -0.2) is 64.9 Å². The van der Waals surface area contributed by atoms with E-state index in [0.717, 1.165) is 10.9 Å². The summed E-state index contributed by atoms with van der Waals surface area (Å²) in [6, 6.07) is 6.60. The van der Waals surface area contributed by atoms with E-state index >= 15 is 0 Å². The number of piperazine rings is 1. The summed E-state index contributed by atoms with van der Waals surface area (Å²) >= 11 is 0. The predicted molar refractivity (Wildman–Crippen MR) is 95.7 cm³/mol. The number of carbonyl (C=O) groups is 3. The molecule has 26 heavy (non-hydrogen) atoms. The molecule has 1 saturated heterocycles. The number of hydrogen-bond donors (Lipinski definition) is 1. The Hall–Kier alpha value is -3.03. The van der Waals surface area contributed by atoms with Crippen LogP contribution in [0.4, 0.5) is 0 Å². The smallest absolute Gasteiger partial charge is 0.270 e. The normalized spacial score (nSPS) is 17.4. The van der Waals surface area contributed by atoms with Crippen LogP contribution in [0.3, 0.4) is 0 Å². The summed E-state index contributed by atoms with van der Waals surface area (Å²) in [7, 11) is 3.41. The summed E-state index contributed by atoms with van der Waals surface area (Å²) in [6.07, 6.45) is 0. The van der Waals surface area contributed by atoms with Gasteiger partial charge in [0.25, 0.3) is 5.91 Å². The van der Waals surface area contributed by atoms with Crippen molar-refractivity contribution < 1.29 is 19.1 Å². The van der Waals surface area contributed by atoms with Crippen LogP contribution in [0.15, 0.2) is 24.3 Å². The third-order valence-electron chi connectivity index (χ3n) is 4.87. The maximum atomic E-state index is 13.0. The molecule has 1 aromatic carbocycles. The van der Waals surface area contributed by atoms with Crippen molar-refractivity contribution in [2.45, 2.75) is 13.0 Å². The number of aryl methyl sites for hydroxylation is 1. The Kier molecular flexibility index (Phi) is 4.58. The number of rotatable bonds is 3. The second kappa shape index (κ2) is 6.70. The molecule has 2 N–H and O–H groups in total. The van der Waals surface area contributed by atoms with Crippen LogP contribution >= 0.6 is 0 Å². The highest BCUT2D eigenvalue weighted by Crippen LogP contribution is 2.25. The van der Waals surface area contributed by atoms with Gasteiger partial charge in [-0.25, -0.2) is 0 Å². The Morgan fingerprint density at radius 2 is 1.92 bits per heavy atom. The largest absolute Gasteiger partial charge is 0.497 e. The minimum atomic E-state index is -0.806. The molecule has 0 saturated carbocycles. The van der Waals surface area contributed by atoms with Crippen molar-refractivity contribution in [2.75, 3.05) is 26.7 Å². The first-order valence-electron chi connectivity index (χ1n) is 8.32. The van der Waals surface area contributed by atoms with Gasteiger partial charge < -0.3 is 24.8 Å². The number of primary amides is 1. The molecule has 0 radical (unpaired) electrons. The fourth-order valence-corrected chi connectivity index (χ4v) is 3.41. The zero-order chi connectivity index (χ0) is 19.0. The number of benzene rings is 1. The van der Waals surface area contributed by atoms with Gasteiger partial charge in [-0.2, -0.15) is 0 Å². The quantitative estimate of drug-likeness (QED) is 0.856. The van der Waals surface area contributed by atoms with E-state index in [-0.39, 0.29) is 24.9 Å². The van der Waals surface area contributed by atoms with Crippen LogP contribution in [0, 0.1) is 0 Å². The predicted octanol–water partition coefficient (Wildman–Crippen LogP) is 0.345. The Bertz CT molecular complexity index is 889. The number of nitrogens with zero attached hydrogens (tertiary/aromatic N) is 3. The van der Waals surface area contributed by atoms with Crippen LogP contribution in [0.1, 0.15) is 17.4 Å². The lowest BCUT2D eigenvalue weighted by Crippen LogP contribution is -2.60. The van der Waals surface area contributed by atoms with E-state index in [4.69, 9.17) is 10.5 Å². The summed E-state index contributed by atoms with van der Waals surface area (Å²) in [4.78, 5) is 39.4. The van der Waals surface area contributed by atoms with Gasteiger partial charge >= 0.3 is 0 Å². The van der Waals surface area contributed by atoms with Gasteiger partial charge in [0.2, 0.25) is 11.8 Å². The second-order valence-electron chi connectivity index (χ2n) is 6.40. The molecule has 1 aliphatic heterocycles. The minimum absolute atomic E-state index is 0.0958. The molecule has 0 aliphatic carbocycles. The van der Waals surface area contributed by atoms with Gasteiger partial charge in [0.1, 0.15) is 17.5 Å². The highest BCUT2D eigenvalue weighted by Gasteiger charge is 2.35. The van der Waals surface area contributed by atoms with E-state index in [1.807, 2.05) is 29.8 Å². The maximum absolute atomic E-state index is 13.0. The summed E-state index contributed by atoms with van der Waals surface area (Å²) in [6.45, 7) is 2.13. The fourth-order valence-electron chi connectivity index (χ4n) is 3.41. The van der Waals surface area contributed by atoms with Crippen LogP contribution in [0.2, 0.25) is 0 Å². The molecular formula is C18H22N4O4. The summed E-state index contributed by atoms with van der Waals surface area (Å²) in [5.41, 5.74) is 6.84. The van der Waals surface area contributed by atoms with Gasteiger partial charge in [0.15, 0.2) is 0 Å². The van der Waals surface area contributed by atoms with E-state index < -0.39 is 11.9 Å². The highest BCUT2D eigenvalue weighted by molar-refractivity contribution is 5.99. The van der Waals surface area contributed by atoms with Gasteiger partial charge in [-0.05, 0) is 24.3 Å². The van der Waals surface area contributed by atoms with Crippen LogP contribution < -0.4 is 10.5 Å². The first-order chi connectivity index (χ1) is 12.3. The molecule has 2 aromatic rings. The average molecular weight is 358 g/mol. The Morgan fingerprint density at radius 3 is 2.54 bits per heavy atom. The van der Waals surface area contributed by atoms with E-state index in [0.29, 0.717) is 18.0 Å². The number of aromatic nitrogens is 1. The number of fused-ring (bicyclic) bond motifs is 1. The number of carbonyl (C=O) groups excluding carboxylic acids is 3. The third kappa shape index (κ3) is 2.98. The molecule has 1 atom stereocenters. The Balaban J connectivity index is 1.90. The molecule has 0 spiro atoms. The number of hydrogen-bond acceptors (Lipinski definition) is 4. The standard InChI is InChI=1S/C18H22N4O4/c1-11(23)22-7-6-21(10-16(22)17(19)24)18(25)15-9-12-8-13(26-3)4-5-14(12)20(15)2/h4-5,8-9,16H,6-7,10H2,1-3H3,(H2,19,24)/t16-/m1/s1. The van der Waals surface area contributed by atoms with Crippen LogP contribution in [0.25, 0.3) is 10.9 Å². The molecule has 3 amide bonds. The van der Waals surface area contributed by atoms with Gasteiger partial charge in [-0.3, -0.25) is 14.4 Å². The molecule has 8 nitrogen and oxygen atoms in total. The highest BCUT2D eigenvalue weighted by atomic mass is 16.5. The van der Waals surface area contributed by atoms with E-state index in [1.54, 1.807) is 18.1 Å². The second-order valence-corrected chi connectivity index (χ2v) is 6.40. The molecule has 0 unspecified atom stereocenters. The SMILES string of the molecule is COc1ccc2c(c1)cc(C(=O)N1CCN(C(C)=O)[C@@H](C(N)=O)C1)n2C. The Morgan fingerprint density at radius 1 is 1.19 bits per heavy atom. The first-order valence-corrected chi connectivity index (χ1v) is 8.32. The van der Waals surface area contributed by atoms with Crippen LogP contribution in [-0.2, 0) is 16.6 Å². The zero-order valence-corrected chi connectivity index (χ0v) is 15.1. The first kappa shape index (κ1) is 17.8. The number of nitrogens with two attached hydrogens (primary N) is 1. The lowest BCUT2D eigenvalue weighted by molar-refractivity contribution is -0.140. The number of amides is 3. The maximum Gasteiger partial charge on any atom is 0.270 e. The molecule has 8 heteroatoms. The monoisotopic (exact) mass is 358 g/mol. The van der Waals surface area contributed by atoms with Crippen molar-refractivity contribution >= 4 is 28.6 Å². The Labute approximate surface area is 151 Å². The van der Waals surface area contributed by atoms with Gasteiger partial charge in [0.05, 0.1) is 13.7 Å². The topological polar surface area (TPSA) is 97.9 Å². The molecule has 1 fully saturated rings. The lowest BCUT2D eigenvalue weighted by atomic mass is 10.1. The molecule has 3 rings (SSSR count). The van der Waals surface area contributed by atoms with E-state index in [2.05, 4.69) is 0 Å². The molecule has 2 heterocycles. The van der Waals surface area contributed by atoms with Gasteiger partial charge in [-0.1, -0.05) is 0 Å². The molecule has 0 bridgehead atoms. The molecule has 1 aliphatic rings. The summed E-state index contributed by atoms with van der Waals surface area (Å²) in [5.74, 6) is -0.319. The summed E-state index contributed by atoms with van der Waals surface area (Å²) < 4.78 is 7.04. The fraction of sp³-hybridized carbons (Fsp3) is 0.389. The lowest BCUT2D eigenvalue weighted by Gasteiger charge is -2.39. The van der Waals surface area contributed by atoms with Gasteiger partial charge in [-0.15, -0.1) is 0 Å². The summed E-state index contributed by atoms with van der Waals surface area (Å²) in [5, 5.41) is 0.893. The number of methoxy groups -OCH3 is 1. The van der Waals surface area contributed by atoms with Crippen molar-refractivity contribution in [1.82, 2.24) is 14.4 Å². The third-order valence-corrected chi connectivity index (χ3v) is 4.87. The molecular weight excluding hydrogens is 336 g/mol. The minimum Gasteiger partial charge on any atom is -0.497 e. The van der Waals surface area contributed by atoms with Crippen molar-refractivity contribution in [1.29, 1.82) is 0 Å². The molecule has 1 aromatic heterocycles. The van der Waals surface area contributed by atoms with Crippen molar-refractivity contribution in [3.05, 3.63) is 30.0 Å². The molecule has 138 valence electrons. The van der Waals surface area contributed by atoms with Crippen molar-refractivity contribution in [2.24, 2.45) is 12.8 Å².